The quantitative estimate of drug-likeness (QED) is 0.779. The summed E-state index contributed by atoms with van der Waals surface area (Å²) < 4.78 is 33.5. The van der Waals surface area contributed by atoms with Crippen LogP contribution in [0.25, 0.3) is 0 Å². The van der Waals surface area contributed by atoms with E-state index in [4.69, 9.17) is 4.74 Å². The standard InChI is InChI=1S/C22H29NO3S/c1-22(2,3)19-10-13-21(14-11-19)27(24,25)23-15-16-26-20(17-23)12-9-18-7-5-4-6-8-18/h4-8,10-11,13-14,20H,9,12,15-17H2,1-3H3. The molecule has 1 heterocycles. The number of rotatable bonds is 5. The van der Waals surface area contributed by atoms with Gasteiger partial charge in [0, 0.05) is 13.1 Å². The van der Waals surface area contributed by atoms with Crippen molar-refractivity contribution in [2.24, 2.45) is 0 Å². The van der Waals surface area contributed by atoms with Gasteiger partial charge in [0.25, 0.3) is 0 Å². The molecular weight excluding hydrogens is 358 g/mol. The molecule has 1 atom stereocenters. The van der Waals surface area contributed by atoms with Gasteiger partial charge in [-0.05, 0) is 41.5 Å². The second-order valence-electron chi connectivity index (χ2n) is 8.15. The highest BCUT2D eigenvalue weighted by atomic mass is 32.2. The van der Waals surface area contributed by atoms with Crippen molar-refractivity contribution in [1.82, 2.24) is 4.31 Å². The topological polar surface area (TPSA) is 46.6 Å². The maximum absolute atomic E-state index is 13.0. The summed E-state index contributed by atoms with van der Waals surface area (Å²) >= 11 is 0. The van der Waals surface area contributed by atoms with Crippen molar-refractivity contribution in [2.75, 3.05) is 19.7 Å². The maximum atomic E-state index is 13.0. The molecule has 2 aromatic carbocycles. The van der Waals surface area contributed by atoms with Crippen molar-refractivity contribution >= 4 is 10.0 Å². The number of hydrogen-bond donors (Lipinski definition) is 0. The van der Waals surface area contributed by atoms with Gasteiger partial charge in [0.05, 0.1) is 17.6 Å². The monoisotopic (exact) mass is 387 g/mol. The van der Waals surface area contributed by atoms with E-state index in [0.717, 1.165) is 18.4 Å². The van der Waals surface area contributed by atoms with Crippen LogP contribution in [0, 0.1) is 0 Å². The van der Waals surface area contributed by atoms with Crippen LogP contribution < -0.4 is 0 Å². The van der Waals surface area contributed by atoms with Gasteiger partial charge in [-0.15, -0.1) is 0 Å². The van der Waals surface area contributed by atoms with E-state index in [1.165, 1.54) is 5.56 Å². The number of morpholine rings is 1. The molecule has 0 N–H and O–H groups in total. The molecule has 1 unspecified atom stereocenters. The molecule has 146 valence electrons. The Kier molecular flexibility index (Phi) is 6.04. The number of hydrogen-bond acceptors (Lipinski definition) is 3. The first kappa shape index (κ1) is 20.1. The van der Waals surface area contributed by atoms with E-state index in [1.807, 2.05) is 30.3 Å². The molecule has 5 heteroatoms. The second-order valence-corrected chi connectivity index (χ2v) is 10.1. The smallest absolute Gasteiger partial charge is 0.243 e. The van der Waals surface area contributed by atoms with Crippen LogP contribution in [0.4, 0.5) is 0 Å². The minimum absolute atomic E-state index is 0.00376. The molecule has 0 saturated carbocycles. The molecule has 0 aliphatic carbocycles. The van der Waals surface area contributed by atoms with Crippen molar-refractivity contribution < 1.29 is 13.2 Å². The van der Waals surface area contributed by atoms with E-state index >= 15 is 0 Å². The first-order valence-electron chi connectivity index (χ1n) is 9.53. The van der Waals surface area contributed by atoms with Gasteiger partial charge in [0.1, 0.15) is 0 Å². The second kappa shape index (κ2) is 8.13. The lowest BCUT2D eigenvalue weighted by Gasteiger charge is -2.32. The van der Waals surface area contributed by atoms with Crippen LogP contribution in [0.1, 0.15) is 38.3 Å². The van der Waals surface area contributed by atoms with Crippen LogP contribution in [0.2, 0.25) is 0 Å². The van der Waals surface area contributed by atoms with E-state index in [-0.39, 0.29) is 11.5 Å². The predicted molar refractivity (Wildman–Crippen MR) is 108 cm³/mol. The average molecular weight is 388 g/mol. The zero-order valence-electron chi connectivity index (χ0n) is 16.4. The Morgan fingerprint density at radius 1 is 1.04 bits per heavy atom. The van der Waals surface area contributed by atoms with Gasteiger partial charge in [-0.3, -0.25) is 0 Å². The molecular formula is C22H29NO3S. The average Bonchev–Trinajstić information content (AvgIpc) is 2.67. The maximum Gasteiger partial charge on any atom is 0.243 e. The lowest BCUT2D eigenvalue weighted by molar-refractivity contribution is -0.00526. The number of aryl methyl sites for hydroxylation is 1. The number of benzene rings is 2. The highest BCUT2D eigenvalue weighted by Gasteiger charge is 2.30. The summed E-state index contributed by atoms with van der Waals surface area (Å²) in [5, 5.41) is 0. The summed E-state index contributed by atoms with van der Waals surface area (Å²) in [5.74, 6) is 0. The Morgan fingerprint density at radius 2 is 1.70 bits per heavy atom. The molecule has 2 aromatic rings. The fourth-order valence-corrected chi connectivity index (χ4v) is 4.79. The molecule has 0 amide bonds. The SMILES string of the molecule is CC(C)(C)c1ccc(S(=O)(=O)N2CCOC(CCc3ccccc3)C2)cc1. The molecule has 1 fully saturated rings. The third kappa shape index (κ3) is 4.98. The zero-order chi connectivity index (χ0) is 19.5. The molecule has 3 rings (SSSR count). The minimum Gasteiger partial charge on any atom is -0.375 e. The number of ether oxygens (including phenoxy) is 1. The lowest BCUT2D eigenvalue weighted by Crippen LogP contribution is -2.45. The zero-order valence-corrected chi connectivity index (χ0v) is 17.2. The molecule has 27 heavy (non-hydrogen) atoms. The Bertz CT molecular complexity index is 839. The van der Waals surface area contributed by atoms with Crippen LogP contribution in [-0.2, 0) is 26.6 Å². The molecule has 0 radical (unpaired) electrons. The highest BCUT2D eigenvalue weighted by Crippen LogP contribution is 2.25. The van der Waals surface area contributed by atoms with Crippen molar-refractivity contribution in [3.8, 4) is 0 Å². The molecule has 0 aromatic heterocycles. The number of nitrogens with zero attached hydrogens (tertiary/aromatic N) is 1. The summed E-state index contributed by atoms with van der Waals surface area (Å²) in [4.78, 5) is 0.360. The van der Waals surface area contributed by atoms with Crippen LogP contribution in [0.5, 0.6) is 0 Å². The summed E-state index contributed by atoms with van der Waals surface area (Å²) in [6, 6.07) is 17.5. The first-order valence-corrected chi connectivity index (χ1v) is 11.0. The lowest BCUT2D eigenvalue weighted by atomic mass is 9.87. The van der Waals surface area contributed by atoms with Crippen molar-refractivity contribution in [3.63, 3.8) is 0 Å². The van der Waals surface area contributed by atoms with Gasteiger partial charge in [0.2, 0.25) is 10.0 Å². The van der Waals surface area contributed by atoms with Crippen LogP contribution >= 0.6 is 0 Å². The predicted octanol–water partition coefficient (Wildman–Crippen LogP) is 4.01. The fraction of sp³-hybridized carbons (Fsp3) is 0.455. The first-order chi connectivity index (χ1) is 12.8. The van der Waals surface area contributed by atoms with E-state index in [1.54, 1.807) is 16.4 Å². The van der Waals surface area contributed by atoms with Gasteiger partial charge in [-0.1, -0.05) is 63.2 Å². The van der Waals surface area contributed by atoms with Crippen molar-refractivity contribution in [1.29, 1.82) is 0 Å². The molecule has 0 spiro atoms. The largest absolute Gasteiger partial charge is 0.375 e. The van der Waals surface area contributed by atoms with Crippen molar-refractivity contribution in [2.45, 2.75) is 50.0 Å². The molecule has 1 aliphatic heterocycles. The normalized spacial score (nSPS) is 19.1. The van der Waals surface area contributed by atoms with E-state index < -0.39 is 10.0 Å². The van der Waals surface area contributed by atoms with E-state index in [2.05, 4.69) is 32.9 Å². The highest BCUT2D eigenvalue weighted by molar-refractivity contribution is 7.89. The Labute approximate surface area is 163 Å². The van der Waals surface area contributed by atoms with Gasteiger partial charge >= 0.3 is 0 Å². The summed E-state index contributed by atoms with van der Waals surface area (Å²) in [7, 11) is -3.49. The molecule has 1 aliphatic rings. The summed E-state index contributed by atoms with van der Waals surface area (Å²) in [5.41, 5.74) is 2.38. The van der Waals surface area contributed by atoms with Gasteiger partial charge < -0.3 is 4.74 Å². The van der Waals surface area contributed by atoms with Gasteiger partial charge in [-0.2, -0.15) is 4.31 Å². The third-order valence-corrected chi connectivity index (χ3v) is 6.94. The fourth-order valence-electron chi connectivity index (χ4n) is 3.33. The summed E-state index contributed by atoms with van der Waals surface area (Å²) in [6.07, 6.45) is 1.64. The van der Waals surface area contributed by atoms with Crippen LogP contribution in [0.15, 0.2) is 59.5 Å². The Morgan fingerprint density at radius 3 is 2.33 bits per heavy atom. The molecule has 4 nitrogen and oxygen atoms in total. The van der Waals surface area contributed by atoms with E-state index in [9.17, 15) is 8.42 Å². The van der Waals surface area contributed by atoms with Crippen LogP contribution in [-0.4, -0.2) is 38.5 Å². The van der Waals surface area contributed by atoms with E-state index in [0.29, 0.717) is 24.6 Å². The summed E-state index contributed by atoms with van der Waals surface area (Å²) in [6.45, 7) is 7.63. The van der Waals surface area contributed by atoms with Gasteiger partial charge in [-0.25, -0.2) is 8.42 Å². The Hall–Kier alpha value is -1.69. The van der Waals surface area contributed by atoms with Gasteiger partial charge in [0.15, 0.2) is 0 Å². The Balaban J connectivity index is 1.67. The third-order valence-electron chi connectivity index (χ3n) is 5.06. The van der Waals surface area contributed by atoms with Crippen LogP contribution in [0.3, 0.4) is 0 Å². The molecule has 1 saturated heterocycles. The minimum atomic E-state index is -3.49. The molecule has 0 bridgehead atoms. The van der Waals surface area contributed by atoms with Crippen molar-refractivity contribution in [3.05, 3.63) is 65.7 Å². The number of sulfonamides is 1.